The zero-order chi connectivity index (χ0) is 45.6. The topological polar surface area (TPSA) is 169 Å². The number of amides is 1. The van der Waals surface area contributed by atoms with E-state index in [0.717, 1.165) is 83.5 Å². The number of aliphatic hydroxyl groups excluding tert-OH is 1. The predicted octanol–water partition coefficient (Wildman–Crippen LogP) is 11.8. The van der Waals surface area contributed by atoms with Crippen molar-refractivity contribution in [3.8, 4) is 0 Å². The summed E-state index contributed by atoms with van der Waals surface area (Å²) >= 11 is 0. The number of unbranched alkanes of at least 4 members (excludes halogenated alkanes) is 3. The predicted molar refractivity (Wildman–Crippen MR) is 253 cm³/mol. The number of nitrogens with one attached hydrogen (secondary N) is 1. The fourth-order valence-electron chi connectivity index (χ4n) is 5.06. The van der Waals surface area contributed by atoms with Crippen LogP contribution in [0, 0.1) is 0 Å². The standard InChI is InChI=1S/C50H76NO10P/c1-3-5-7-9-11-13-15-17-19-20-21-22-23-24-25-26-28-30-32-34-36-38-40-42-49(54)59-43-46(52)44-60-62(57,58)61-45-47(50(55)56)51-48(53)41-39-37-35-33-31-29-27-18-16-14-12-10-8-6-4-2/h5-8,11-14,17-19,21-22,24-25,27-28,30-31,33-34,36,46-47,52H,3-4,9-10,15-16,20,23,26,29,32,35,37-45H2,1-2H3,(H,51,53)(H,55,56)(H,57,58)/b7-5-,8-6-,13-11-,14-12-,19-17-,22-21-,25-24-,27-18-,30-28-,33-31-,36-34-. The van der Waals surface area contributed by atoms with E-state index in [-0.39, 0.29) is 12.8 Å². The van der Waals surface area contributed by atoms with Crippen LogP contribution in [-0.2, 0) is 32.7 Å². The number of phosphoric ester groups is 1. The molecule has 0 aliphatic carbocycles. The van der Waals surface area contributed by atoms with Gasteiger partial charge in [0.1, 0.15) is 12.7 Å². The molecule has 3 atom stereocenters. The Hall–Kier alpha value is -4.38. The van der Waals surface area contributed by atoms with Gasteiger partial charge in [-0.2, -0.15) is 0 Å². The highest BCUT2D eigenvalue weighted by Crippen LogP contribution is 2.43. The van der Waals surface area contributed by atoms with Crippen molar-refractivity contribution in [1.82, 2.24) is 5.32 Å². The van der Waals surface area contributed by atoms with Crippen LogP contribution in [0.15, 0.2) is 134 Å². The van der Waals surface area contributed by atoms with E-state index < -0.39 is 57.6 Å². The fourth-order valence-corrected chi connectivity index (χ4v) is 5.83. The molecule has 4 N–H and O–H groups in total. The number of carboxylic acid groups (broad SMARTS) is 1. The molecule has 0 fully saturated rings. The van der Waals surface area contributed by atoms with E-state index in [2.05, 4.69) is 135 Å². The molecule has 0 saturated carbocycles. The lowest BCUT2D eigenvalue weighted by Gasteiger charge is -2.18. The zero-order valence-electron chi connectivity index (χ0n) is 37.4. The van der Waals surface area contributed by atoms with Crippen molar-refractivity contribution in [3.05, 3.63) is 134 Å². The molecular weight excluding hydrogens is 806 g/mol. The third-order valence-electron chi connectivity index (χ3n) is 8.43. The summed E-state index contributed by atoms with van der Waals surface area (Å²) in [5.41, 5.74) is 0. The molecule has 0 aromatic rings. The molecule has 0 aromatic heterocycles. The molecule has 12 heteroatoms. The van der Waals surface area contributed by atoms with Crippen molar-refractivity contribution < 1.29 is 47.8 Å². The highest BCUT2D eigenvalue weighted by molar-refractivity contribution is 7.47. The molecule has 0 spiro atoms. The van der Waals surface area contributed by atoms with Crippen LogP contribution in [0.5, 0.6) is 0 Å². The number of allylic oxidation sites excluding steroid dienone is 22. The van der Waals surface area contributed by atoms with Crippen LogP contribution >= 0.6 is 7.82 Å². The molecule has 0 rings (SSSR count). The second-order valence-electron chi connectivity index (χ2n) is 14.1. The summed E-state index contributed by atoms with van der Waals surface area (Å²) in [7, 11) is -4.79. The van der Waals surface area contributed by atoms with Crippen molar-refractivity contribution in [2.75, 3.05) is 19.8 Å². The Balaban J connectivity index is 4.06. The quantitative estimate of drug-likeness (QED) is 0.0202. The molecular formula is C50H76NO10P. The van der Waals surface area contributed by atoms with Crippen LogP contribution in [0.4, 0.5) is 0 Å². The van der Waals surface area contributed by atoms with Crippen LogP contribution in [0.3, 0.4) is 0 Å². The van der Waals surface area contributed by atoms with E-state index in [1.54, 1.807) is 0 Å². The first-order chi connectivity index (χ1) is 30.1. The molecule has 0 bridgehead atoms. The molecule has 0 aliphatic heterocycles. The Morgan fingerprint density at radius 3 is 1.29 bits per heavy atom. The minimum absolute atomic E-state index is 0.0806. The molecule has 0 aliphatic rings. The van der Waals surface area contributed by atoms with E-state index in [1.807, 2.05) is 18.2 Å². The first kappa shape index (κ1) is 57.6. The Bertz CT molecular complexity index is 1550. The summed E-state index contributed by atoms with van der Waals surface area (Å²) in [6.07, 6.45) is 59.2. The van der Waals surface area contributed by atoms with Gasteiger partial charge in [-0.3, -0.25) is 18.6 Å². The van der Waals surface area contributed by atoms with Gasteiger partial charge in [0.05, 0.1) is 13.2 Å². The van der Waals surface area contributed by atoms with Crippen molar-refractivity contribution in [3.63, 3.8) is 0 Å². The minimum Gasteiger partial charge on any atom is -0.480 e. The van der Waals surface area contributed by atoms with Gasteiger partial charge in [-0.1, -0.05) is 148 Å². The average molecular weight is 882 g/mol. The number of rotatable bonds is 39. The van der Waals surface area contributed by atoms with Crippen molar-refractivity contribution in [2.24, 2.45) is 0 Å². The average Bonchev–Trinajstić information content (AvgIpc) is 3.25. The molecule has 0 radical (unpaired) electrons. The lowest BCUT2D eigenvalue weighted by atomic mass is 10.1. The highest BCUT2D eigenvalue weighted by Gasteiger charge is 2.28. The van der Waals surface area contributed by atoms with Crippen molar-refractivity contribution in [1.29, 1.82) is 0 Å². The number of carbonyl (C=O) groups excluding carboxylic acids is 2. The van der Waals surface area contributed by atoms with Gasteiger partial charge in [0.25, 0.3) is 0 Å². The largest absolute Gasteiger partial charge is 0.480 e. The minimum atomic E-state index is -4.79. The molecule has 0 saturated heterocycles. The molecule has 0 aromatic carbocycles. The normalized spacial score (nSPS) is 14.9. The number of ether oxygens (including phenoxy) is 1. The van der Waals surface area contributed by atoms with Gasteiger partial charge in [0.15, 0.2) is 6.04 Å². The zero-order valence-corrected chi connectivity index (χ0v) is 38.2. The van der Waals surface area contributed by atoms with Gasteiger partial charge < -0.3 is 25.2 Å². The van der Waals surface area contributed by atoms with E-state index in [0.29, 0.717) is 19.3 Å². The maximum Gasteiger partial charge on any atom is 0.472 e. The van der Waals surface area contributed by atoms with E-state index in [1.165, 1.54) is 0 Å². The van der Waals surface area contributed by atoms with Crippen LogP contribution < -0.4 is 5.32 Å². The first-order valence-electron chi connectivity index (χ1n) is 22.2. The van der Waals surface area contributed by atoms with Gasteiger partial charge in [-0.15, -0.1) is 0 Å². The Labute approximate surface area is 372 Å². The monoisotopic (exact) mass is 882 g/mol. The fraction of sp³-hybridized carbons (Fsp3) is 0.500. The first-order valence-corrected chi connectivity index (χ1v) is 23.7. The van der Waals surface area contributed by atoms with E-state index >= 15 is 0 Å². The number of carbonyl (C=O) groups is 3. The lowest BCUT2D eigenvalue weighted by Crippen LogP contribution is -2.43. The summed E-state index contributed by atoms with van der Waals surface area (Å²) in [6.45, 7) is 2.24. The van der Waals surface area contributed by atoms with E-state index in [9.17, 15) is 34.1 Å². The SMILES string of the molecule is CC/C=C\C/C=C\C/C=C\C/C=C\C/C=C\C/C=C\C/C=C\CCCC(=O)OCC(O)COP(=O)(O)OCC(NC(=O)CCCC/C=C\C/C=C\C/C=C\C/C=C\CC)C(=O)O. The molecule has 3 unspecified atom stereocenters. The summed E-state index contributed by atoms with van der Waals surface area (Å²) in [4.78, 5) is 45.9. The van der Waals surface area contributed by atoms with Crippen LogP contribution in [0.2, 0.25) is 0 Å². The van der Waals surface area contributed by atoms with Gasteiger partial charge in [0, 0.05) is 12.8 Å². The molecule has 346 valence electrons. The number of carboxylic acids is 1. The van der Waals surface area contributed by atoms with Crippen molar-refractivity contribution in [2.45, 2.75) is 142 Å². The van der Waals surface area contributed by atoms with Gasteiger partial charge in [0.2, 0.25) is 5.91 Å². The van der Waals surface area contributed by atoms with Gasteiger partial charge in [-0.25, -0.2) is 9.36 Å². The lowest BCUT2D eigenvalue weighted by molar-refractivity contribution is -0.147. The maximum atomic E-state index is 12.3. The number of phosphoric acid groups is 1. The third kappa shape index (κ3) is 42.3. The van der Waals surface area contributed by atoms with Crippen LogP contribution in [0.1, 0.15) is 129 Å². The second-order valence-corrected chi connectivity index (χ2v) is 15.6. The smallest absolute Gasteiger partial charge is 0.472 e. The number of esters is 1. The van der Waals surface area contributed by atoms with E-state index in [4.69, 9.17) is 13.8 Å². The summed E-state index contributed by atoms with van der Waals surface area (Å²) in [6, 6.07) is -1.58. The van der Waals surface area contributed by atoms with Crippen LogP contribution in [0.25, 0.3) is 0 Å². The Morgan fingerprint density at radius 1 is 0.516 bits per heavy atom. The third-order valence-corrected chi connectivity index (χ3v) is 9.39. The molecule has 0 heterocycles. The number of hydrogen-bond acceptors (Lipinski definition) is 8. The maximum absolute atomic E-state index is 12.3. The second kappa shape index (κ2) is 43.3. The highest BCUT2D eigenvalue weighted by atomic mass is 31.2. The number of aliphatic carboxylic acids is 1. The molecule has 62 heavy (non-hydrogen) atoms. The Kier molecular flexibility index (Phi) is 40.2. The van der Waals surface area contributed by atoms with Gasteiger partial charge >= 0.3 is 19.8 Å². The van der Waals surface area contributed by atoms with Gasteiger partial charge in [-0.05, 0) is 103 Å². The number of hydrogen-bond donors (Lipinski definition) is 4. The molecule has 1 amide bonds. The summed E-state index contributed by atoms with van der Waals surface area (Å²) < 4.78 is 26.8. The van der Waals surface area contributed by atoms with Crippen LogP contribution in [-0.4, -0.2) is 64.9 Å². The van der Waals surface area contributed by atoms with Crippen molar-refractivity contribution >= 4 is 25.7 Å². The summed E-state index contributed by atoms with van der Waals surface area (Å²) in [5, 5.41) is 21.8. The number of aliphatic hydroxyl groups is 1. The summed E-state index contributed by atoms with van der Waals surface area (Å²) in [5.74, 6) is -2.52. The molecule has 11 nitrogen and oxygen atoms in total. The Morgan fingerprint density at radius 2 is 0.887 bits per heavy atom.